The zero-order chi connectivity index (χ0) is 32.0. The number of likely N-dealkylation sites (N-methyl/N-ethyl adjacent to an activating group) is 1. The molecule has 1 unspecified atom stereocenters. The summed E-state index contributed by atoms with van der Waals surface area (Å²) < 4.78 is 29.1. The molecule has 4 aromatic carbocycles. The predicted molar refractivity (Wildman–Crippen MR) is 177 cm³/mol. The van der Waals surface area contributed by atoms with E-state index < -0.39 is 34.4 Å². The van der Waals surface area contributed by atoms with E-state index in [0.29, 0.717) is 5.56 Å². The smallest absolute Gasteiger partial charge is 0.264 e. The zero-order valence-corrected chi connectivity index (χ0v) is 27.6. The second-order valence-corrected chi connectivity index (χ2v) is 13.5. The maximum atomic E-state index is 14.4. The summed E-state index contributed by atoms with van der Waals surface area (Å²) in [6, 6.07) is 23.5. The number of halogens is 4. The van der Waals surface area contributed by atoms with Crippen molar-refractivity contribution in [3.8, 4) is 0 Å². The largest absolute Gasteiger partial charge is 0.357 e. The lowest BCUT2D eigenvalue weighted by Crippen LogP contribution is -2.53. The first-order valence-corrected chi connectivity index (χ1v) is 16.4. The number of hydrogen-bond acceptors (Lipinski definition) is 4. The Morgan fingerprint density at radius 1 is 0.818 bits per heavy atom. The van der Waals surface area contributed by atoms with E-state index in [0.717, 1.165) is 15.4 Å². The van der Waals surface area contributed by atoms with Gasteiger partial charge in [0.15, 0.2) is 0 Å². The Kier molecular flexibility index (Phi) is 11.2. The molecule has 12 heteroatoms. The number of benzene rings is 4. The predicted octanol–water partition coefficient (Wildman–Crippen LogP) is 7.19. The second-order valence-electron chi connectivity index (χ2n) is 9.99. The fourth-order valence-corrected chi connectivity index (χ4v) is 7.05. The minimum Gasteiger partial charge on any atom is -0.357 e. The lowest BCUT2D eigenvalue weighted by molar-refractivity contribution is -0.139. The van der Waals surface area contributed by atoms with E-state index in [1.165, 1.54) is 42.3 Å². The molecule has 0 saturated heterocycles. The molecule has 0 fully saturated rings. The van der Waals surface area contributed by atoms with Crippen LogP contribution in [0.2, 0.25) is 20.1 Å². The Bertz CT molecular complexity index is 1710. The van der Waals surface area contributed by atoms with Crippen molar-refractivity contribution in [1.82, 2.24) is 10.2 Å². The fraction of sp³-hybridized carbons (Fsp3) is 0.188. The maximum Gasteiger partial charge on any atom is 0.264 e. The third kappa shape index (κ3) is 8.06. The first-order chi connectivity index (χ1) is 20.9. The molecule has 1 atom stereocenters. The van der Waals surface area contributed by atoms with Gasteiger partial charge in [0, 0.05) is 45.7 Å². The molecular formula is C32H29Cl4N3O4S. The summed E-state index contributed by atoms with van der Waals surface area (Å²) in [7, 11) is -2.85. The van der Waals surface area contributed by atoms with E-state index in [9.17, 15) is 18.0 Å². The van der Waals surface area contributed by atoms with Crippen molar-refractivity contribution in [2.45, 2.75) is 30.8 Å². The molecule has 0 aliphatic heterocycles. The standard InChI is InChI=1S/C32H29Cl4N3O4S/c1-21-11-13-26(14-12-21)44(42,43)39(25-17-23(33)16-24(34)18-25)20-31(40)38(19-27-28(35)9-6-10-29(27)36)30(32(41)37-2)15-22-7-4-3-5-8-22/h3-14,16-18,30H,15,19-20H2,1-2H3,(H,37,41). The van der Waals surface area contributed by atoms with Gasteiger partial charge in [-0.05, 0) is 55.0 Å². The molecule has 44 heavy (non-hydrogen) atoms. The van der Waals surface area contributed by atoms with Crippen LogP contribution in [0.4, 0.5) is 5.69 Å². The van der Waals surface area contributed by atoms with Crippen LogP contribution in [0.25, 0.3) is 0 Å². The maximum absolute atomic E-state index is 14.4. The van der Waals surface area contributed by atoms with E-state index in [2.05, 4.69) is 5.32 Å². The quantitative estimate of drug-likeness (QED) is 0.180. The summed E-state index contributed by atoms with van der Waals surface area (Å²) in [6.07, 6.45) is 0.141. The normalized spacial score (nSPS) is 12.0. The number of carbonyl (C=O) groups is 2. The van der Waals surface area contributed by atoms with Crippen molar-refractivity contribution >= 4 is 73.9 Å². The van der Waals surface area contributed by atoms with Gasteiger partial charge in [-0.25, -0.2) is 8.42 Å². The third-order valence-electron chi connectivity index (χ3n) is 6.93. The number of amides is 2. The highest BCUT2D eigenvalue weighted by Gasteiger charge is 2.35. The highest BCUT2D eigenvalue weighted by atomic mass is 35.5. The Hall–Kier alpha value is -3.27. The summed E-state index contributed by atoms with van der Waals surface area (Å²) in [6.45, 7) is 0.978. The van der Waals surface area contributed by atoms with E-state index in [4.69, 9.17) is 46.4 Å². The number of sulfonamides is 1. The van der Waals surface area contributed by atoms with E-state index in [1.807, 2.05) is 37.3 Å². The average Bonchev–Trinajstić information content (AvgIpc) is 2.98. The summed E-state index contributed by atoms with van der Waals surface area (Å²) in [4.78, 5) is 29.0. The molecular weight excluding hydrogens is 664 g/mol. The molecule has 0 radical (unpaired) electrons. The van der Waals surface area contributed by atoms with Gasteiger partial charge < -0.3 is 10.2 Å². The molecule has 0 heterocycles. The van der Waals surface area contributed by atoms with Crippen molar-refractivity contribution in [3.05, 3.63) is 128 Å². The Morgan fingerprint density at radius 3 is 1.98 bits per heavy atom. The van der Waals surface area contributed by atoms with Crippen LogP contribution in [-0.4, -0.2) is 44.8 Å². The third-order valence-corrected chi connectivity index (χ3v) is 9.86. The molecule has 1 N–H and O–H groups in total. The number of rotatable bonds is 11. The number of nitrogens with zero attached hydrogens (tertiary/aromatic N) is 2. The zero-order valence-electron chi connectivity index (χ0n) is 23.8. The second kappa shape index (κ2) is 14.7. The minimum atomic E-state index is -4.32. The molecule has 0 aliphatic carbocycles. The van der Waals surface area contributed by atoms with Crippen molar-refractivity contribution in [2.75, 3.05) is 17.9 Å². The van der Waals surface area contributed by atoms with Crippen LogP contribution in [-0.2, 0) is 32.6 Å². The lowest BCUT2D eigenvalue weighted by Gasteiger charge is -2.34. The molecule has 0 saturated carbocycles. The van der Waals surface area contributed by atoms with Gasteiger partial charge in [-0.1, -0.05) is 100 Å². The van der Waals surface area contributed by atoms with Gasteiger partial charge in [0.05, 0.1) is 10.6 Å². The molecule has 0 aromatic heterocycles. The van der Waals surface area contributed by atoms with Crippen molar-refractivity contribution in [2.24, 2.45) is 0 Å². The molecule has 230 valence electrons. The summed E-state index contributed by atoms with van der Waals surface area (Å²) in [5, 5.41) is 3.56. The topological polar surface area (TPSA) is 86.8 Å². The van der Waals surface area contributed by atoms with Crippen molar-refractivity contribution in [1.29, 1.82) is 0 Å². The van der Waals surface area contributed by atoms with E-state index in [-0.39, 0.29) is 43.6 Å². The number of anilines is 1. The van der Waals surface area contributed by atoms with Crippen LogP contribution in [0.1, 0.15) is 16.7 Å². The van der Waals surface area contributed by atoms with Gasteiger partial charge >= 0.3 is 0 Å². The van der Waals surface area contributed by atoms with Crippen LogP contribution in [0, 0.1) is 6.92 Å². The van der Waals surface area contributed by atoms with Crippen molar-refractivity contribution < 1.29 is 18.0 Å². The molecule has 4 aromatic rings. The number of hydrogen-bond donors (Lipinski definition) is 1. The Balaban J connectivity index is 1.84. The summed E-state index contributed by atoms with van der Waals surface area (Å²) in [5.41, 5.74) is 2.13. The van der Waals surface area contributed by atoms with Crippen LogP contribution < -0.4 is 9.62 Å². The van der Waals surface area contributed by atoms with Crippen molar-refractivity contribution in [3.63, 3.8) is 0 Å². The van der Waals surface area contributed by atoms with Gasteiger partial charge in [0.25, 0.3) is 10.0 Å². The van der Waals surface area contributed by atoms with Crippen LogP contribution in [0.5, 0.6) is 0 Å². The summed E-state index contributed by atoms with van der Waals surface area (Å²) in [5.74, 6) is -1.14. The molecule has 0 spiro atoms. The SMILES string of the molecule is CNC(=O)C(Cc1ccccc1)N(Cc1c(Cl)cccc1Cl)C(=O)CN(c1cc(Cl)cc(Cl)c1)S(=O)(=O)c1ccc(C)cc1. The first kappa shape index (κ1) is 33.6. The van der Waals surface area contributed by atoms with Gasteiger partial charge in [0.1, 0.15) is 12.6 Å². The Labute approximate surface area is 277 Å². The highest BCUT2D eigenvalue weighted by molar-refractivity contribution is 7.92. The van der Waals surface area contributed by atoms with Gasteiger partial charge in [-0.15, -0.1) is 0 Å². The van der Waals surface area contributed by atoms with Gasteiger partial charge in [-0.3, -0.25) is 13.9 Å². The molecule has 4 rings (SSSR count). The molecule has 0 aliphatic rings. The monoisotopic (exact) mass is 691 g/mol. The lowest BCUT2D eigenvalue weighted by atomic mass is 10.0. The fourth-order valence-electron chi connectivity index (χ4n) is 4.62. The number of aryl methyl sites for hydroxylation is 1. The molecule has 0 bridgehead atoms. The van der Waals surface area contributed by atoms with Crippen LogP contribution in [0.3, 0.4) is 0 Å². The van der Waals surface area contributed by atoms with Crippen LogP contribution >= 0.6 is 46.4 Å². The van der Waals surface area contributed by atoms with Gasteiger partial charge in [0.2, 0.25) is 11.8 Å². The minimum absolute atomic E-state index is 0.0418. The molecule has 2 amide bonds. The average molecular weight is 693 g/mol. The first-order valence-electron chi connectivity index (χ1n) is 13.4. The molecule has 7 nitrogen and oxygen atoms in total. The van der Waals surface area contributed by atoms with E-state index in [1.54, 1.807) is 30.3 Å². The summed E-state index contributed by atoms with van der Waals surface area (Å²) >= 11 is 25.5. The number of carbonyl (C=O) groups excluding carboxylic acids is 2. The van der Waals surface area contributed by atoms with Crippen LogP contribution in [0.15, 0.2) is 95.9 Å². The number of nitrogens with one attached hydrogen (secondary N) is 1. The van der Waals surface area contributed by atoms with Gasteiger partial charge in [-0.2, -0.15) is 0 Å². The van der Waals surface area contributed by atoms with E-state index >= 15 is 0 Å². The Morgan fingerprint density at radius 2 is 1.41 bits per heavy atom. The highest BCUT2D eigenvalue weighted by Crippen LogP contribution is 2.31.